The first-order valence-corrected chi connectivity index (χ1v) is 6.11. The maximum Gasteiger partial charge on any atom is 0.140 e. The van der Waals surface area contributed by atoms with Crippen molar-refractivity contribution in [1.82, 2.24) is 4.90 Å². The van der Waals surface area contributed by atoms with Crippen molar-refractivity contribution in [3.63, 3.8) is 0 Å². The van der Waals surface area contributed by atoms with E-state index in [2.05, 4.69) is 10.1 Å². The van der Waals surface area contributed by atoms with Crippen LogP contribution in [-0.2, 0) is 4.74 Å². The molecule has 1 saturated heterocycles. The number of oxime groups is 1. The van der Waals surface area contributed by atoms with Crippen molar-refractivity contribution in [2.45, 2.75) is 44.2 Å². The minimum atomic E-state index is 0.331. The van der Waals surface area contributed by atoms with Crippen LogP contribution >= 0.6 is 0 Å². The van der Waals surface area contributed by atoms with E-state index in [4.69, 9.17) is 15.7 Å². The van der Waals surface area contributed by atoms with Gasteiger partial charge in [0.25, 0.3) is 0 Å². The van der Waals surface area contributed by atoms with Crippen molar-refractivity contribution in [3.8, 4) is 0 Å². The topological polar surface area (TPSA) is 71.1 Å². The van der Waals surface area contributed by atoms with E-state index in [0.717, 1.165) is 38.6 Å². The monoisotopic (exact) mass is 227 g/mol. The molecule has 0 aromatic rings. The van der Waals surface area contributed by atoms with E-state index in [1.165, 1.54) is 12.8 Å². The predicted molar refractivity (Wildman–Crippen MR) is 61.6 cm³/mol. The van der Waals surface area contributed by atoms with Crippen LogP contribution in [0.2, 0.25) is 0 Å². The molecule has 0 bridgehead atoms. The highest BCUT2D eigenvalue weighted by atomic mass is 16.5. The van der Waals surface area contributed by atoms with Crippen LogP contribution in [0.15, 0.2) is 5.16 Å². The van der Waals surface area contributed by atoms with E-state index in [9.17, 15) is 0 Å². The van der Waals surface area contributed by atoms with Crippen molar-refractivity contribution in [3.05, 3.63) is 0 Å². The standard InChI is InChI=1S/C11H21N3O2/c12-11(13-15)3-6-14(9-1-2-9)10-4-7-16-8-5-10/h9-10,15H,1-8H2,(H2,12,13). The van der Waals surface area contributed by atoms with Gasteiger partial charge in [0.05, 0.1) is 0 Å². The Morgan fingerprint density at radius 1 is 1.25 bits per heavy atom. The molecule has 2 rings (SSSR count). The molecular weight excluding hydrogens is 206 g/mol. The number of ether oxygens (including phenoxy) is 1. The van der Waals surface area contributed by atoms with E-state index in [1.807, 2.05) is 0 Å². The summed E-state index contributed by atoms with van der Waals surface area (Å²) in [5.74, 6) is 0.331. The average molecular weight is 227 g/mol. The molecule has 3 N–H and O–H groups in total. The SMILES string of the molecule is NC(CCN(C1CCOCC1)C1CC1)=NO. The lowest BCUT2D eigenvalue weighted by Gasteiger charge is -2.34. The molecule has 0 aromatic carbocycles. The Morgan fingerprint density at radius 2 is 1.88 bits per heavy atom. The number of nitrogens with zero attached hydrogens (tertiary/aromatic N) is 2. The first kappa shape index (κ1) is 11.7. The minimum absolute atomic E-state index is 0.331. The summed E-state index contributed by atoms with van der Waals surface area (Å²) in [6.07, 6.45) is 5.49. The van der Waals surface area contributed by atoms with Gasteiger partial charge in [0.15, 0.2) is 0 Å². The quantitative estimate of drug-likeness (QED) is 0.315. The van der Waals surface area contributed by atoms with Gasteiger partial charge in [-0.3, -0.25) is 4.90 Å². The van der Waals surface area contributed by atoms with Gasteiger partial charge in [-0.1, -0.05) is 5.16 Å². The Labute approximate surface area is 96.2 Å². The largest absolute Gasteiger partial charge is 0.409 e. The second-order valence-electron chi connectivity index (χ2n) is 4.65. The van der Waals surface area contributed by atoms with E-state index in [1.54, 1.807) is 0 Å². The third-order valence-electron chi connectivity index (χ3n) is 3.43. The third kappa shape index (κ3) is 3.09. The van der Waals surface area contributed by atoms with Crippen LogP contribution in [0.3, 0.4) is 0 Å². The molecule has 2 aliphatic rings. The van der Waals surface area contributed by atoms with Gasteiger partial charge >= 0.3 is 0 Å². The summed E-state index contributed by atoms with van der Waals surface area (Å²) in [4.78, 5) is 2.53. The zero-order valence-electron chi connectivity index (χ0n) is 9.64. The Hall–Kier alpha value is -0.810. The van der Waals surface area contributed by atoms with Crippen LogP contribution in [-0.4, -0.2) is 47.8 Å². The lowest BCUT2D eigenvalue weighted by Crippen LogP contribution is -2.42. The predicted octanol–water partition coefficient (Wildman–Crippen LogP) is 0.766. The van der Waals surface area contributed by atoms with Gasteiger partial charge < -0.3 is 15.7 Å². The fourth-order valence-electron chi connectivity index (χ4n) is 2.38. The van der Waals surface area contributed by atoms with Gasteiger partial charge in [0.2, 0.25) is 0 Å². The summed E-state index contributed by atoms with van der Waals surface area (Å²) < 4.78 is 5.38. The van der Waals surface area contributed by atoms with Crippen molar-refractivity contribution in [2.24, 2.45) is 10.9 Å². The second kappa shape index (κ2) is 5.50. The van der Waals surface area contributed by atoms with Gasteiger partial charge in [-0.15, -0.1) is 0 Å². The second-order valence-corrected chi connectivity index (χ2v) is 4.65. The minimum Gasteiger partial charge on any atom is -0.409 e. The summed E-state index contributed by atoms with van der Waals surface area (Å²) in [7, 11) is 0. The summed E-state index contributed by atoms with van der Waals surface area (Å²) >= 11 is 0. The zero-order chi connectivity index (χ0) is 11.4. The van der Waals surface area contributed by atoms with Crippen LogP contribution in [0.25, 0.3) is 0 Å². The molecular formula is C11H21N3O2. The molecule has 0 unspecified atom stereocenters. The number of amidine groups is 1. The molecule has 0 amide bonds. The van der Waals surface area contributed by atoms with E-state index in [0.29, 0.717) is 18.3 Å². The number of nitrogens with two attached hydrogens (primary N) is 1. The van der Waals surface area contributed by atoms with Gasteiger partial charge in [-0.25, -0.2) is 0 Å². The number of hydrogen-bond donors (Lipinski definition) is 2. The Kier molecular flexibility index (Phi) is 4.01. The fraction of sp³-hybridized carbons (Fsp3) is 0.909. The normalized spacial score (nSPS) is 23.9. The molecule has 2 fully saturated rings. The van der Waals surface area contributed by atoms with Crippen molar-refractivity contribution >= 4 is 5.84 Å². The van der Waals surface area contributed by atoms with Gasteiger partial charge in [0, 0.05) is 38.3 Å². The van der Waals surface area contributed by atoms with E-state index < -0.39 is 0 Å². The van der Waals surface area contributed by atoms with Crippen LogP contribution in [0, 0.1) is 0 Å². The lowest BCUT2D eigenvalue weighted by molar-refractivity contribution is 0.0318. The zero-order valence-corrected chi connectivity index (χ0v) is 9.64. The molecule has 1 heterocycles. The van der Waals surface area contributed by atoms with Crippen molar-refractivity contribution < 1.29 is 9.94 Å². The first-order chi connectivity index (χ1) is 7.81. The van der Waals surface area contributed by atoms with Crippen LogP contribution < -0.4 is 5.73 Å². The summed E-state index contributed by atoms with van der Waals surface area (Å²) in [6, 6.07) is 1.36. The van der Waals surface area contributed by atoms with Crippen LogP contribution in [0.1, 0.15) is 32.1 Å². The van der Waals surface area contributed by atoms with Crippen molar-refractivity contribution in [1.29, 1.82) is 0 Å². The molecule has 1 saturated carbocycles. The third-order valence-corrected chi connectivity index (χ3v) is 3.43. The van der Waals surface area contributed by atoms with Gasteiger partial charge in [-0.05, 0) is 25.7 Å². The number of hydrogen-bond acceptors (Lipinski definition) is 4. The molecule has 92 valence electrons. The fourth-order valence-corrected chi connectivity index (χ4v) is 2.38. The smallest absolute Gasteiger partial charge is 0.140 e. The molecule has 0 aromatic heterocycles. The van der Waals surface area contributed by atoms with Crippen LogP contribution in [0.4, 0.5) is 0 Å². The number of rotatable bonds is 5. The highest BCUT2D eigenvalue weighted by Gasteiger charge is 2.34. The molecule has 0 radical (unpaired) electrons. The molecule has 16 heavy (non-hydrogen) atoms. The molecule has 0 spiro atoms. The van der Waals surface area contributed by atoms with Gasteiger partial charge in [-0.2, -0.15) is 0 Å². The van der Waals surface area contributed by atoms with Crippen LogP contribution in [0.5, 0.6) is 0 Å². The Morgan fingerprint density at radius 3 is 2.44 bits per heavy atom. The van der Waals surface area contributed by atoms with E-state index >= 15 is 0 Å². The van der Waals surface area contributed by atoms with E-state index in [-0.39, 0.29) is 0 Å². The van der Waals surface area contributed by atoms with Crippen molar-refractivity contribution in [2.75, 3.05) is 19.8 Å². The summed E-state index contributed by atoms with van der Waals surface area (Å²) in [5, 5.41) is 11.6. The lowest BCUT2D eigenvalue weighted by atomic mass is 10.1. The summed E-state index contributed by atoms with van der Waals surface area (Å²) in [6.45, 7) is 2.65. The highest BCUT2D eigenvalue weighted by molar-refractivity contribution is 5.79. The molecule has 5 nitrogen and oxygen atoms in total. The van der Waals surface area contributed by atoms with Gasteiger partial charge in [0.1, 0.15) is 5.84 Å². The average Bonchev–Trinajstić information content (AvgIpc) is 3.15. The highest BCUT2D eigenvalue weighted by Crippen LogP contribution is 2.31. The maximum absolute atomic E-state index is 8.54. The molecule has 0 atom stereocenters. The molecule has 1 aliphatic carbocycles. The molecule has 5 heteroatoms. The Bertz CT molecular complexity index is 248. The maximum atomic E-state index is 8.54. The Balaban J connectivity index is 1.84. The summed E-state index contributed by atoms with van der Waals surface area (Å²) in [5.41, 5.74) is 5.52. The molecule has 1 aliphatic heterocycles. The first-order valence-electron chi connectivity index (χ1n) is 6.11.